The van der Waals surface area contributed by atoms with E-state index in [9.17, 15) is 4.79 Å². The van der Waals surface area contributed by atoms with E-state index in [4.69, 9.17) is 11.6 Å². The summed E-state index contributed by atoms with van der Waals surface area (Å²) in [6.45, 7) is 0.520. The molecule has 96 valence electrons. The monoisotopic (exact) mass is 264 g/mol. The van der Waals surface area contributed by atoms with Crippen LogP contribution in [0.3, 0.4) is 0 Å². The highest BCUT2D eigenvalue weighted by Gasteiger charge is 2.42. The van der Waals surface area contributed by atoms with E-state index >= 15 is 0 Å². The SMILES string of the molecule is O=C(NCc1ccccc1Cl)C1CC2CCC1N2. The van der Waals surface area contributed by atoms with Crippen LogP contribution in [0, 0.1) is 5.92 Å². The van der Waals surface area contributed by atoms with Crippen molar-refractivity contribution in [2.75, 3.05) is 0 Å². The van der Waals surface area contributed by atoms with E-state index in [0.29, 0.717) is 23.7 Å². The van der Waals surface area contributed by atoms with Gasteiger partial charge in [0.15, 0.2) is 0 Å². The fourth-order valence-electron chi connectivity index (χ4n) is 3.07. The molecule has 0 aromatic heterocycles. The Hall–Kier alpha value is -1.06. The molecule has 2 aliphatic heterocycles. The Balaban J connectivity index is 1.58. The number of amides is 1. The van der Waals surface area contributed by atoms with Crippen molar-refractivity contribution in [2.24, 2.45) is 5.92 Å². The summed E-state index contributed by atoms with van der Waals surface area (Å²) in [5, 5.41) is 7.20. The van der Waals surface area contributed by atoms with Crippen LogP contribution in [0.15, 0.2) is 24.3 Å². The van der Waals surface area contributed by atoms with E-state index in [1.54, 1.807) is 0 Å². The van der Waals surface area contributed by atoms with Gasteiger partial charge in [0, 0.05) is 23.7 Å². The van der Waals surface area contributed by atoms with E-state index in [1.807, 2.05) is 24.3 Å². The van der Waals surface area contributed by atoms with Crippen molar-refractivity contribution < 1.29 is 4.79 Å². The molecule has 0 saturated carbocycles. The van der Waals surface area contributed by atoms with Crippen molar-refractivity contribution in [2.45, 2.75) is 37.9 Å². The van der Waals surface area contributed by atoms with Gasteiger partial charge in [-0.05, 0) is 30.9 Å². The summed E-state index contributed by atoms with van der Waals surface area (Å²) >= 11 is 6.07. The number of carbonyl (C=O) groups excluding carboxylic acids is 1. The molecule has 3 atom stereocenters. The summed E-state index contributed by atoms with van der Waals surface area (Å²) in [7, 11) is 0. The lowest BCUT2D eigenvalue weighted by Gasteiger charge is -2.19. The maximum Gasteiger partial charge on any atom is 0.225 e. The van der Waals surface area contributed by atoms with Gasteiger partial charge in [-0.3, -0.25) is 4.79 Å². The highest BCUT2D eigenvalue weighted by molar-refractivity contribution is 6.31. The van der Waals surface area contributed by atoms with Gasteiger partial charge in [0.25, 0.3) is 0 Å². The second-order valence-corrected chi connectivity index (χ2v) is 5.61. The third kappa shape index (κ3) is 2.25. The molecule has 4 heteroatoms. The minimum Gasteiger partial charge on any atom is -0.352 e. The lowest BCUT2D eigenvalue weighted by Crippen LogP contribution is -2.37. The van der Waals surface area contributed by atoms with Crippen molar-refractivity contribution in [1.29, 1.82) is 0 Å². The van der Waals surface area contributed by atoms with Crippen molar-refractivity contribution in [3.63, 3.8) is 0 Å². The number of carbonyl (C=O) groups is 1. The summed E-state index contributed by atoms with van der Waals surface area (Å²) in [5.74, 6) is 0.306. The van der Waals surface area contributed by atoms with E-state index in [2.05, 4.69) is 10.6 Å². The summed E-state index contributed by atoms with van der Waals surface area (Å²) in [6.07, 6.45) is 3.34. The maximum atomic E-state index is 12.1. The fourth-order valence-corrected chi connectivity index (χ4v) is 3.27. The van der Waals surface area contributed by atoms with Crippen molar-refractivity contribution in [3.05, 3.63) is 34.9 Å². The highest BCUT2D eigenvalue weighted by atomic mass is 35.5. The lowest BCUT2D eigenvalue weighted by atomic mass is 9.88. The minimum atomic E-state index is 0.145. The molecule has 18 heavy (non-hydrogen) atoms. The Morgan fingerprint density at radius 3 is 2.89 bits per heavy atom. The highest BCUT2D eigenvalue weighted by Crippen LogP contribution is 2.33. The first-order chi connectivity index (χ1) is 8.74. The van der Waals surface area contributed by atoms with Crippen molar-refractivity contribution in [1.82, 2.24) is 10.6 Å². The third-order valence-electron chi connectivity index (χ3n) is 4.05. The van der Waals surface area contributed by atoms with Gasteiger partial charge in [-0.25, -0.2) is 0 Å². The lowest BCUT2D eigenvalue weighted by molar-refractivity contribution is -0.125. The zero-order chi connectivity index (χ0) is 12.5. The number of hydrogen-bond acceptors (Lipinski definition) is 2. The summed E-state index contributed by atoms with van der Waals surface area (Å²) in [6, 6.07) is 8.58. The molecule has 0 spiro atoms. The minimum absolute atomic E-state index is 0.145. The fraction of sp³-hybridized carbons (Fsp3) is 0.500. The molecule has 2 bridgehead atoms. The average molecular weight is 265 g/mol. The molecule has 2 fully saturated rings. The Labute approximate surface area is 112 Å². The topological polar surface area (TPSA) is 41.1 Å². The second-order valence-electron chi connectivity index (χ2n) is 5.20. The molecular weight excluding hydrogens is 248 g/mol. The van der Waals surface area contributed by atoms with Crippen molar-refractivity contribution >= 4 is 17.5 Å². The first-order valence-electron chi connectivity index (χ1n) is 6.51. The van der Waals surface area contributed by atoms with Gasteiger partial charge in [0.05, 0.1) is 5.92 Å². The molecule has 1 aromatic carbocycles. The Kier molecular flexibility index (Phi) is 3.27. The molecule has 1 amide bonds. The standard InChI is InChI=1S/C14H17ClN2O/c15-12-4-2-1-3-9(12)8-16-14(18)11-7-10-5-6-13(11)17-10/h1-4,10-11,13,17H,5-8H2,(H,16,18). The predicted molar refractivity (Wildman–Crippen MR) is 71.4 cm³/mol. The van der Waals surface area contributed by atoms with Gasteiger partial charge < -0.3 is 10.6 Å². The molecule has 0 radical (unpaired) electrons. The van der Waals surface area contributed by atoms with Crippen molar-refractivity contribution in [3.8, 4) is 0 Å². The number of fused-ring (bicyclic) bond motifs is 2. The van der Waals surface area contributed by atoms with Crippen LogP contribution in [0.1, 0.15) is 24.8 Å². The summed E-state index contributed by atoms with van der Waals surface area (Å²) in [4.78, 5) is 12.1. The van der Waals surface area contributed by atoms with Crippen LogP contribution in [0.5, 0.6) is 0 Å². The maximum absolute atomic E-state index is 12.1. The first kappa shape index (κ1) is 12.0. The van der Waals surface area contributed by atoms with E-state index in [1.165, 1.54) is 6.42 Å². The largest absolute Gasteiger partial charge is 0.352 e. The van der Waals surface area contributed by atoms with Crippen LogP contribution in [-0.2, 0) is 11.3 Å². The third-order valence-corrected chi connectivity index (χ3v) is 4.42. The molecule has 2 saturated heterocycles. The number of nitrogens with one attached hydrogen (secondary N) is 2. The average Bonchev–Trinajstić information content (AvgIpc) is 2.99. The molecule has 2 N–H and O–H groups in total. The van der Waals surface area contributed by atoms with Crippen LogP contribution >= 0.6 is 11.6 Å². The van der Waals surface area contributed by atoms with E-state index in [-0.39, 0.29) is 11.8 Å². The van der Waals surface area contributed by atoms with Gasteiger partial charge in [-0.15, -0.1) is 0 Å². The smallest absolute Gasteiger partial charge is 0.225 e. The molecule has 3 unspecified atom stereocenters. The molecule has 2 heterocycles. The number of hydrogen-bond donors (Lipinski definition) is 2. The van der Waals surface area contributed by atoms with Crippen LogP contribution in [0.2, 0.25) is 5.02 Å². The molecule has 0 aliphatic carbocycles. The van der Waals surface area contributed by atoms with Gasteiger partial charge in [-0.2, -0.15) is 0 Å². The number of rotatable bonds is 3. The van der Waals surface area contributed by atoms with Crippen LogP contribution < -0.4 is 10.6 Å². The zero-order valence-electron chi connectivity index (χ0n) is 10.2. The van der Waals surface area contributed by atoms with Gasteiger partial charge in [0.1, 0.15) is 0 Å². The predicted octanol–water partition coefficient (Wildman–Crippen LogP) is 2.10. The molecule has 3 rings (SSSR count). The van der Waals surface area contributed by atoms with Crippen LogP contribution in [-0.4, -0.2) is 18.0 Å². The van der Waals surface area contributed by atoms with E-state index in [0.717, 1.165) is 18.4 Å². The van der Waals surface area contributed by atoms with E-state index < -0.39 is 0 Å². The van der Waals surface area contributed by atoms with Gasteiger partial charge in [0.2, 0.25) is 5.91 Å². The number of halogens is 1. The zero-order valence-corrected chi connectivity index (χ0v) is 10.9. The Bertz CT molecular complexity index is 463. The van der Waals surface area contributed by atoms with Crippen LogP contribution in [0.25, 0.3) is 0 Å². The molecule has 1 aromatic rings. The van der Waals surface area contributed by atoms with Crippen LogP contribution in [0.4, 0.5) is 0 Å². The van der Waals surface area contributed by atoms with Gasteiger partial charge >= 0.3 is 0 Å². The second kappa shape index (κ2) is 4.90. The summed E-state index contributed by atoms with van der Waals surface area (Å²) < 4.78 is 0. The quantitative estimate of drug-likeness (QED) is 0.878. The van der Waals surface area contributed by atoms with Gasteiger partial charge in [-0.1, -0.05) is 29.8 Å². The summed E-state index contributed by atoms with van der Waals surface area (Å²) in [5.41, 5.74) is 0.976. The molecular formula is C14H17ClN2O. The molecule has 2 aliphatic rings. The first-order valence-corrected chi connectivity index (χ1v) is 6.89. The Morgan fingerprint density at radius 1 is 1.39 bits per heavy atom. The normalized spacial score (nSPS) is 29.5. The Morgan fingerprint density at radius 2 is 2.22 bits per heavy atom. The molecule has 3 nitrogen and oxygen atoms in total. The number of benzene rings is 1.